The molecule has 0 aliphatic heterocycles. The Labute approximate surface area is 129 Å². The van der Waals surface area contributed by atoms with Crippen molar-refractivity contribution in [3.05, 3.63) is 17.5 Å². The Bertz CT molecular complexity index is 597. The summed E-state index contributed by atoms with van der Waals surface area (Å²) in [6.45, 7) is 1.85. The van der Waals surface area contributed by atoms with E-state index in [1.807, 2.05) is 17.5 Å². The minimum atomic E-state index is -0.464. The average Bonchev–Trinajstić information content (AvgIpc) is 3.13. The summed E-state index contributed by atoms with van der Waals surface area (Å²) in [4.78, 5) is 23.5. The lowest BCUT2D eigenvalue weighted by atomic mass is 10.5. The molecule has 7 nitrogen and oxygen atoms in total. The van der Waals surface area contributed by atoms with Gasteiger partial charge in [0.2, 0.25) is 5.91 Å². The molecule has 2 aromatic rings. The van der Waals surface area contributed by atoms with Crippen LogP contribution in [0.15, 0.2) is 27.2 Å². The standard InChI is InChI=1S/C12H13N3O4S2/c1-2-18-10(17)6-13-9(16)7-21-12-15-14-11(19-12)8-4-3-5-20-8/h3-5H,2,6-7H2,1H3,(H,13,16). The molecule has 112 valence electrons. The van der Waals surface area contributed by atoms with Crippen molar-refractivity contribution in [2.45, 2.75) is 12.1 Å². The van der Waals surface area contributed by atoms with E-state index in [2.05, 4.69) is 15.5 Å². The normalized spacial score (nSPS) is 10.3. The van der Waals surface area contributed by atoms with E-state index in [9.17, 15) is 9.59 Å². The Balaban J connectivity index is 1.75. The van der Waals surface area contributed by atoms with Gasteiger partial charge in [-0.3, -0.25) is 9.59 Å². The van der Waals surface area contributed by atoms with Gasteiger partial charge in [-0.1, -0.05) is 17.8 Å². The Morgan fingerprint density at radius 2 is 2.33 bits per heavy atom. The number of thioether (sulfide) groups is 1. The fourth-order valence-electron chi connectivity index (χ4n) is 1.33. The van der Waals surface area contributed by atoms with E-state index in [-0.39, 0.29) is 24.8 Å². The predicted molar refractivity (Wildman–Crippen MR) is 78.0 cm³/mol. The molecule has 1 N–H and O–H groups in total. The zero-order valence-electron chi connectivity index (χ0n) is 11.2. The number of hydrogen-bond donors (Lipinski definition) is 1. The summed E-state index contributed by atoms with van der Waals surface area (Å²) < 4.78 is 10.1. The SMILES string of the molecule is CCOC(=O)CNC(=O)CSc1nnc(-c2cccs2)o1. The van der Waals surface area contributed by atoms with Crippen LogP contribution in [0.3, 0.4) is 0 Å². The fraction of sp³-hybridized carbons (Fsp3) is 0.333. The van der Waals surface area contributed by atoms with E-state index in [1.165, 1.54) is 11.3 Å². The van der Waals surface area contributed by atoms with Crippen LogP contribution in [0, 0.1) is 0 Å². The summed E-state index contributed by atoms with van der Waals surface area (Å²) in [5, 5.41) is 12.4. The molecule has 0 saturated heterocycles. The van der Waals surface area contributed by atoms with Gasteiger partial charge in [-0.2, -0.15) is 0 Å². The monoisotopic (exact) mass is 327 g/mol. The van der Waals surface area contributed by atoms with Gasteiger partial charge in [0.1, 0.15) is 6.54 Å². The largest absolute Gasteiger partial charge is 0.465 e. The van der Waals surface area contributed by atoms with Gasteiger partial charge in [-0.15, -0.1) is 21.5 Å². The number of rotatable bonds is 7. The first-order valence-electron chi connectivity index (χ1n) is 6.11. The van der Waals surface area contributed by atoms with Crippen LogP contribution in [0.1, 0.15) is 6.92 Å². The van der Waals surface area contributed by atoms with Crippen LogP contribution in [-0.4, -0.2) is 41.0 Å². The molecule has 0 fully saturated rings. The van der Waals surface area contributed by atoms with E-state index in [0.717, 1.165) is 16.6 Å². The van der Waals surface area contributed by atoms with Crippen molar-refractivity contribution in [3.63, 3.8) is 0 Å². The molecular formula is C12H13N3O4S2. The number of nitrogens with zero attached hydrogens (tertiary/aromatic N) is 2. The lowest BCUT2D eigenvalue weighted by Gasteiger charge is -2.03. The van der Waals surface area contributed by atoms with Crippen molar-refractivity contribution in [1.82, 2.24) is 15.5 Å². The van der Waals surface area contributed by atoms with Crippen LogP contribution >= 0.6 is 23.1 Å². The molecule has 0 atom stereocenters. The van der Waals surface area contributed by atoms with Crippen LogP contribution in [-0.2, 0) is 14.3 Å². The number of hydrogen-bond acceptors (Lipinski definition) is 8. The van der Waals surface area contributed by atoms with Gasteiger partial charge in [0.05, 0.1) is 17.2 Å². The third-order valence-corrected chi connectivity index (χ3v) is 3.88. The zero-order valence-corrected chi connectivity index (χ0v) is 12.8. The highest BCUT2D eigenvalue weighted by atomic mass is 32.2. The van der Waals surface area contributed by atoms with Crippen LogP contribution in [0.4, 0.5) is 0 Å². The average molecular weight is 327 g/mol. The first-order valence-corrected chi connectivity index (χ1v) is 7.98. The number of amides is 1. The topological polar surface area (TPSA) is 94.3 Å². The first-order chi connectivity index (χ1) is 10.2. The maximum absolute atomic E-state index is 11.5. The van der Waals surface area contributed by atoms with E-state index in [1.54, 1.807) is 6.92 Å². The van der Waals surface area contributed by atoms with Gasteiger partial charge in [-0.05, 0) is 18.4 Å². The number of aromatic nitrogens is 2. The molecular weight excluding hydrogens is 314 g/mol. The molecule has 0 bridgehead atoms. The first kappa shape index (κ1) is 15.5. The Morgan fingerprint density at radius 3 is 3.05 bits per heavy atom. The second-order valence-corrected chi connectivity index (χ2v) is 5.60. The third kappa shape index (κ3) is 4.87. The van der Waals surface area contributed by atoms with Crippen molar-refractivity contribution in [1.29, 1.82) is 0 Å². The van der Waals surface area contributed by atoms with E-state index < -0.39 is 5.97 Å². The van der Waals surface area contributed by atoms with Gasteiger partial charge in [0, 0.05) is 0 Å². The number of thiophene rings is 1. The van der Waals surface area contributed by atoms with E-state index >= 15 is 0 Å². The van der Waals surface area contributed by atoms with Gasteiger partial charge < -0.3 is 14.5 Å². The molecule has 1 amide bonds. The Morgan fingerprint density at radius 1 is 1.48 bits per heavy atom. The predicted octanol–water partition coefficient (Wildman–Crippen LogP) is 1.57. The molecule has 21 heavy (non-hydrogen) atoms. The molecule has 0 aromatic carbocycles. The van der Waals surface area contributed by atoms with Crippen LogP contribution < -0.4 is 5.32 Å². The van der Waals surface area contributed by atoms with Crippen molar-refractivity contribution in [2.75, 3.05) is 18.9 Å². The molecule has 0 spiro atoms. The summed E-state index contributed by atoms with van der Waals surface area (Å²) in [6, 6.07) is 3.76. The minimum absolute atomic E-state index is 0.0888. The second-order valence-electron chi connectivity index (χ2n) is 3.72. The Kier molecular flexibility index (Phi) is 5.76. The smallest absolute Gasteiger partial charge is 0.325 e. The lowest BCUT2D eigenvalue weighted by Crippen LogP contribution is -2.31. The molecule has 0 unspecified atom stereocenters. The van der Waals surface area contributed by atoms with Crippen LogP contribution in [0.25, 0.3) is 10.8 Å². The van der Waals surface area contributed by atoms with Crippen molar-refractivity contribution in [3.8, 4) is 10.8 Å². The number of carbonyl (C=O) groups is 2. The zero-order chi connectivity index (χ0) is 15.1. The van der Waals surface area contributed by atoms with Gasteiger partial charge >= 0.3 is 5.97 Å². The second kappa shape index (κ2) is 7.79. The number of ether oxygens (including phenoxy) is 1. The summed E-state index contributed by atoms with van der Waals surface area (Å²) in [6.07, 6.45) is 0. The third-order valence-electron chi connectivity index (χ3n) is 2.20. The fourth-order valence-corrected chi connectivity index (χ4v) is 2.57. The summed E-state index contributed by atoms with van der Waals surface area (Å²) >= 11 is 2.61. The maximum Gasteiger partial charge on any atom is 0.325 e. The molecule has 2 rings (SSSR count). The molecule has 2 aromatic heterocycles. The summed E-state index contributed by atoms with van der Waals surface area (Å²) in [5.41, 5.74) is 0. The van der Waals surface area contributed by atoms with Crippen molar-refractivity contribution < 1.29 is 18.7 Å². The molecule has 0 aliphatic rings. The van der Waals surface area contributed by atoms with Crippen molar-refractivity contribution >= 4 is 35.0 Å². The number of carbonyl (C=O) groups excluding carboxylic acids is 2. The highest BCUT2D eigenvalue weighted by Crippen LogP contribution is 2.26. The quantitative estimate of drug-likeness (QED) is 0.609. The number of nitrogens with one attached hydrogen (secondary N) is 1. The Hall–Kier alpha value is -1.87. The maximum atomic E-state index is 11.5. The molecule has 2 heterocycles. The van der Waals surface area contributed by atoms with Gasteiger partial charge in [0.15, 0.2) is 0 Å². The molecule has 0 radical (unpaired) electrons. The molecule has 0 aliphatic carbocycles. The summed E-state index contributed by atoms with van der Waals surface area (Å²) in [5.74, 6) is -0.247. The molecule has 0 saturated carbocycles. The molecule has 9 heteroatoms. The van der Waals surface area contributed by atoms with Crippen LogP contribution in [0.5, 0.6) is 0 Å². The minimum Gasteiger partial charge on any atom is -0.465 e. The van der Waals surface area contributed by atoms with Gasteiger partial charge in [-0.25, -0.2) is 0 Å². The van der Waals surface area contributed by atoms with E-state index in [4.69, 9.17) is 9.15 Å². The van der Waals surface area contributed by atoms with Gasteiger partial charge in [0.25, 0.3) is 11.1 Å². The highest BCUT2D eigenvalue weighted by Gasteiger charge is 2.12. The lowest BCUT2D eigenvalue weighted by molar-refractivity contribution is -0.143. The summed E-state index contributed by atoms with van der Waals surface area (Å²) in [7, 11) is 0. The highest BCUT2D eigenvalue weighted by molar-refractivity contribution is 7.99. The van der Waals surface area contributed by atoms with Crippen LogP contribution in [0.2, 0.25) is 0 Å². The van der Waals surface area contributed by atoms with E-state index in [0.29, 0.717) is 11.1 Å². The van der Waals surface area contributed by atoms with Crippen molar-refractivity contribution in [2.24, 2.45) is 0 Å². The number of esters is 1.